The van der Waals surface area contributed by atoms with Gasteiger partial charge in [-0.15, -0.1) is 0 Å². The van der Waals surface area contributed by atoms with Gasteiger partial charge in [-0.2, -0.15) is 0 Å². The molecule has 0 unspecified atom stereocenters. The number of hydrogen-bond donors (Lipinski definition) is 1. The molecule has 0 bridgehead atoms. The SMILES string of the molecule is CCOc1ccccc1NC(=O)N1CCCC12CCN(c1cnc3ccccc3n1)CC2. The van der Waals surface area contributed by atoms with Crippen molar-refractivity contribution in [1.82, 2.24) is 14.9 Å². The van der Waals surface area contributed by atoms with Crippen LogP contribution in [0.25, 0.3) is 11.0 Å². The third-order valence-corrected chi connectivity index (χ3v) is 6.72. The Morgan fingerprint density at radius 2 is 1.78 bits per heavy atom. The minimum Gasteiger partial charge on any atom is -0.492 e. The van der Waals surface area contributed by atoms with Gasteiger partial charge in [0.15, 0.2) is 0 Å². The van der Waals surface area contributed by atoms with Crippen LogP contribution in [0, 0.1) is 0 Å². The predicted molar refractivity (Wildman–Crippen MR) is 126 cm³/mol. The van der Waals surface area contributed by atoms with E-state index in [1.165, 1.54) is 0 Å². The van der Waals surface area contributed by atoms with Crippen LogP contribution in [0.3, 0.4) is 0 Å². The average Bonchev–Trinajstić information content (AvgIpc) is 3.23. The number of anilines is 2. The molecule has 3 heterocycles. The zero-order valence-electron chi connectivity index (χ0n) is 18.5. The lowest BCUT2D eigenvalue weighted by Gasteiger charge is -2.45. The molecule has 2 fully saturated rings. The Bertz CT molecular complexity index is 1110. The van der Waals surface area contributed by atoms with E-state index < -0.39 is 0 Å². The summed E-state index contributed by atoms with van der Waals surface area (Å²) in [6.45, 7) is 5.03. The summed E-state index contributed by atoms with van der Waals surface area (Å²) in [5, 5.41) is 3.10. The normalized spacial score (nSPS) is 17.7. The molecule has 2 aliphatic rings. The molecule has 2 aromatic carbocycles. The van der Waals surface area contributed by atoms with Gasteiger partial charge in [0.05, 0.1) is 29.5 Å². The molecule has 2 aliphatic heterocycles. The third kappa shape index (κ3) is 3.83. The molecular weight excluding hydrogens is 402 g/mol. The Kier molecular flexibility index (Phi) is 5.55. The number of fused-ring (bicyclic) bond motifs is 1. The minimum absolute atomic E-state index is 0.0337. The molecule has 5 rings (SSSR count). The lowest BCUT2D eigenvalue weighted by atomic mass is 9.85. The summed E-state index contributed by atoms with van der Waals surface area (Å²) in [6.07, 6.45) is 5.81. The van der Waals surface area contributed by atoms with Gasteiger partial charge >= 0.3 is 6.03 Å². The van der Waals surface area contributed by atoms with E-state index in [1.54, 1.807) is 0 Å². The number of amides is 2. The van der Waals surface area contributed by atoms with E-state index in [0.29, 0.717) is 12.4 Å². The molecule has 7 heteroatoms. The number of para-hydroxylation sites is 4. The smallest absolute Gasteiger partial charge is 0.322 e. The Balaban J connectivity index is 1.28. The van der Waals surface area contributed by atoms with E-state index in [9.17, 15) is 4.79 Å². The van der Waals surface area contributed by atoms with E-state index in [4.69, 9.17) is 9.72 Å². The number of carbonyl (C=O) groups excluding carboxylic acids is 1. The van der Waals surface area contributed by atoms with E-state index >= 15 is 0 Å². The van der Waals surface area contributed by atoms with Crippen LogP contribution in [0.4, 0.5) is 16.3 Å². The second-order valence-corrected chi connectivity index (χ2v) is 8.54. The highest BCUT2D eigenvalue weighted by Gasteiger charge is 2.45. The van der Waals surface area contributed by atoms with E-state index in [0.717, 1.165) is 67.9 Å². The Morgan fingerprint density at radius 1 is 1.03 bits per heavy atom. The Labute approximate surface area is 188 Å². The largest absolute Gasteiger partial charge is 0.492 e. The van der Waals surface area contributed by atoms with Gasteiger partial charge in [-0.3, -0.25) is 4.98 Å². The fraction of sp³-hybridized carbons (Fsp3) is 0.400. The molecule has 7 nitrogen and oxygen atoms in total. The number of nitrogens with zero attached hydrogens (tertiary/aromatic N) is 4. The summed E-state index contributed by atoms with van der Waals surface area (Å²) in [6, 6.07) is 15.5. The first kappa shape index (κ1) is 20.5. The van der Waals surface area contributed by atoms with Crippen molar-refractivity contribution in [2.75, 3.05) is 36.5 Å². The number of aromatic nitrogens is 2. The van der Waals surface area contributed by atoms with Crippen molar-refractivity contribution in [3.8, 4) is 5.75 Å². The van der Waals surface area contributed by atoms with Crippen LogP contribution in [0.2, 0.25) is 0 Å². The van der Waals surface area contributed by atoms with Gasteiger partial charge in [0, 0.05) is 25.2 Å². The molecule has 2 saturated heterocycles. The molecule has 1 spiro atoms. The van der Waals surface area contributed by atoms with E-state index in [2.05, 4.69) is 20.1 Å². The molecule has 0 aliphatic carbocycles. The molecule has 166 valence electrons. The van der Waals surface area contributed by atoms with Gasteiger partial charge in [-0.05, 0) is 56.9 Å². The van der Waals surface area contributed by atoms with Crippen molar-refractivity contribution in [2.45, 2.75) is 38.1 Å². The number of likely N-dealkylation sites (tertiary alicyclic amines) is 1. The summed E-state index contributed by atoms with van der Waals surface area (Å²) in [7, 11) is 0. The number of piperidine rings is 1. The lowest BCUT2D eigenvalue weighted by molar-refractivity contribution is 0.133. The third-order valence-electron chi connectivity index (χ3n) is 6.72. The first-order chi connectivity index (χ1) is 15.7. The molecule has 2 amide bonds. The maximum atomic E-state index is 13.3. The molecular formula is C25H29N5O2. The second-order valence-electron chi connectivity index (χ2n) is 8.54. The number of urea groups is 1. The van der Waals surface area contributed by atoms with Gasteiger partial charge in [0.2, 0.25) is 0 Å². The molecule has 32 heavy (non-hydrogen) atoms. The van der Waals surface area contributed by atoms with Crippen molar-refractivity contribution in [2.24, 2.45) is 0 Å². The lowest BCUT2D eigenvalue weighted by Crippen LogP contribution is -2.55. The Morgan fingerprint density at radius 3 is 2.59 bits per heavy atom. The summed E-state index contributed by atoms with van der Waals surface area (Å²) < 4.78 is 5.68. The highest BCUT2D eigenvalue weighted by Crippen LogP contribution is 2.40. The summed E-state index contributed by atoms with van der Waals surface area (Å²) in [4.78, 5) is 27.0. The fourth-order valence-electron chi connectivity index (χ4n) is 5.06. The van der Waals surface area contributed by atoms with Crippen LogP contribution >= 0.6 is 0 Å². The quantitative estimate of drug-likeness (QED) is 0.649. The molecule has 0 saturated carbocycles. The number of nitrogens with one attached hydrogen (secondary N) is 1. The number of ether oxygens (including phenoxy) is 1. The van der Waals surface area contributed by atoms with Gasteiger partial charge in [-0.1, -0.05) is 24.3 Å². The standard InChI is InChI=1S/C25H29N5O2/c1-2-32-22-11-6-5-10-21(22)28-24(31)30-15-7-12-25(30)13-16-29(17-14-25)23-18-26-19-8-3-4-9-20(19)27-23/h3-6,8-11,18H,2,7,12-17H2,1H3,(H,28,31). The van der Waals surface area contributed by atoms with Crippen molar-refractivity contribution in [3.63, 3.8) is 0 Å². The van der Waals surface area contributed by atoms with Crippen LogP contribution in [0.15, 0.2) is 54.7 Å². The molecule has 0 radical (unpaired) electrons. The van der Waals surface area contributed by atoms with Crippen LogP contribution in [-0.4, -0.2) is 52.7 Å². The van der Waals surface area contributed by atoms with Gasteiger partial charge in [0.25, 0.3) is 0 Å². The number of rotatable bonds is 4. The fourth-order valence-corrected chi connectivity index (χ4v) is 5.06. The van der Waals surface area contributed by atoms with Crippen molar-refractivity contribution in [3.05, 3.63) is 54.7 Å². The minimum atomic E-state index is -0.0918. The first-order valence-electron chi connectivity index (χ1n) is 11.5. The Hall–Kier alpha value is -3.35. The van der Waals surface area contributed by atoms with Crippen molar-refractivity contribution in [1.29, 1.82) is 0 Å². The second kappa shape index (κ2) is 8.65. The van der Waals surface area contributed by atoms with Crippen molar-refractivity contribution < 1.29 is 9.53 Å². The van der Waals surface area contributed by atoms with Gasteiger partial charge < -0.3 is 19.9 Å². The van der Waals surface area contributed by atoms with Crippen LogP contribution in [-0.2, 0) is 0 Å². The van der Waals surface area contributed by atoms with Crippen LogP contribution < -0.4 is 15.0 Å². The average molecular weight is 432 g/mol. The summed E-state index contributed by atoms with van der Waals surface area (Å²) >= 11 is 0. The number of hydrogen-bond acceptors (Lipinski definition) is 5. The maximum Gasteiger partial charge on any atom is 0.322 e. The summed E-state index contributed by atoms with van der Waals surface area (Å²) in [5.74, 6) is 1.62. The highest BCUT2D eigenvalue weighted by atomic mass is 16.5. The first-order valence-corrected chi connectivity index (χ1v) is 11.5. The van der Waals surface area contributed by atoms with Crippen LogP contribution in [0.1, 0.15) is 32.6 Å². The van der Waals surface area contributed by atoms with Crippen LogP contribution in [0.5, 0.6) is 5.75 Å². The number of benzene rings is 2. The zero-order valence-corrected chi connectivity index (χ0v) is 18.5. The van der Waals surface area contributed by atoms with Gasteiger partial charge in [0.1, 0.15) is 11.6 Å². The molecule has 1 aromatic heterocycles. The molecule has 1 N–H and O–H groups in total. The predicted octanol–water partition coefficient (Wildman–Crippen LogP) is 4.70. The number of carbonyl (C=O) groups is 1. The van der Waals surface area contributed by atoms with Gasteiger partial charge in [-0.25, -0.2) is 9.78 Å². The zero-order chi connectivity index (χ0) is 22.0. The monoisotopic (exact) mass is 431 g/mol. The summed E-state index contributed by atoms with van der Waals surface area (Å²) in [5.41, 5.74) is 2.46. The van der Waals surface area contributed by atoms with E-state index in [-0.39, 0.29) is 11.6 Å². The van der Waals surface area contributed by atoms with E-state index in [1.807, 2.05) is 61.7 Å². The molecule has 0 atom stereocenters. The van der Waals surface area contributed by atoms with Crippen molar-refractivity contribution >= 4 is 28.6 Å². The molecule has 3 aromatic rings. The topological polar surface area (TPSA) is 70.6 Å². The maximum absolute atomic E-state index is 13.3. The highest BCUT2D eigenvalue weighted by molar-refractivity contribution is 5.91.